The molecule has 0 bridgehead atoms. The average molecular weight is 276 g/mol. The number of fused-ring (bicyclic) bond motifs is 1. The molecule has 1 aromatic carbocycles. The molecule has 1 amide bonds. The van der Waals surface area contributed by atoms with Gasteiger partial charge in [-0.25, -0.2) is 4.98 Å². The molecule has 1 heterocycles. The van der Waals surface area contributed by atoms with E-state index in [0.29, 0.717) is 19.1 Å². The normalized spacial score (nSPS) is 12.6. The molecule has 1 atom stereocenters. The van der Waals surface area contributed by atoms with Crippen molar-refractivity contribution in [2.75, 3.05) is 26.0 Å². The third-order valence-corrected chi connectivity index (χ3v) is 3.24. The molecule has 1 unspecified atom stereocenters. The summed E-state index contributed by atoms with van der Waals surface area (Å²) in [5.41, 5.74) is 8.71. The standard InChI is InChI=1S/C14H20N4O2/c1-9-4-5-11-12(8-9)18(14(15)17-11)10(2)13(19)16-6-7-20-3/h4-5,8,10H,6-7H2,1-3H3,(H2,15,17)(H,16,19). The van der Waals surface area contributed by atoms with Crippen LogP contribution in [0.1, 0.15) is 18.5 Å². The number of nitrogen functional groups attached to an aromatic ring is 1. The molecule has 3 N–H and O–H groups in total. The van der Waals surface area contributed by atoms with Crippen LogP contribution in [0.2, 0.25) is 0 Å². The molecule has 0 aliphatic rings. The summed E-state index contributed by atoms with van der Waals surface area (Å²) in [4.78, 5) is 16.4. The van der Waals surface area contributed by atoms with Gasteiger partial charge in [0.2, 0.25) is 11.9 Å². The molecular weight excluding hydrogens is 256 g/mol. The number of hydrogen-bond donors (Lipinski definition) is 2. The Kier molecular flexibility index (Phi) is 4.24. The number of ether oxygens (including phenoxy) is 1. The fraction of sp³-hybridized carbons (Fsp3) is 0.429. The molecule has 2 aromatic rings. The Morgan fingerprint density at radius 2 is 2.30 bits per heavy atom. The number of aromatic nitrogens is 2. The molecule has 0 saturated heterocycles. The lowest BCUT2D eigenvalue weighted by Gasteiger charge is -2.16. The third-order valence-electron chi connectivity index (χ3n) is 3.24. The summed E-state index contributed by atoms with van der Waals surface area (Å²) >= 11 is 0. The van der Waals surface area contributed by atoms with Crippen LogP contribution in [0.3, 0.4) is 0 Å². The number of nitrogens with zero attached hydrogens (tertiary/aromatic N) is 2. The van der Waals surface area contributed by atoms with Gasteiger partial charge in [0.15, 0.2) is 0 Å². The predicted molar refractivity (Wildman–Crippen MR) is 78.5 cm³/mol. The highest BCUT2D eigenvalue weighted by molar-refractivity contribution is 5.85. The molecule has 0 aliphatic heterocycles. The van der Waals surface area contributed by atoms with Crippen LogP contribution in [0.4, 0.5) is 5.95 Å². The van der Waals surface area contributed by atoms with Crippen molar-refractivity contribution in [3.8, 4) is 0 Å². The van der Waals surface area contributed by atoms with E-state index in [-0.39, 0.29) is 5.91 Å². The first-order valence-corrected chi connectivity index (χ1v) is 6.55. The lowest BCUT2D eigenvalue weighted by atomic mass is 10.2. The molecule has 0 spiro atoms. The second-order valence-corrected chi connectivity index (χ2v) is 4.79. The minimum absolute atomic E-state index is 0.102. The van der Waals surface area contributed by atoms with Gasteiger partial charge in [0.1, 0.15) is 6.04 Å². The van der Waals surface area contributed by atoms with Crippen molar-refractivity contribution in [3.05, 3.63) is 23.8 Å². The second kappa shape index (κ2) is 5.92. The van der Waals surface area contributed by atoms with Crippen molar-refractivity contribution in [2.24, 2.45) is 0 Å². The van der Waals surface area contributed by atoms with Crippen LogP contribution in [0.25, 0.3) is 11.0 Å². The molecule has 20 heavy (non-hydrogen) atoms. The second-order valence-electron chi connectivity index (χ2n) is 4.79. The first-order chi connectivity index (χ1) is 9.54. The quantitative estimate of drug-likeness (QED) is 0.805. The first kappa shape index (κ1) is 14.3. The number of benzene rings is 1. The van der Waals surface area contributed by atoms with E-state index in [2.05, 4.69) is 10.3 Å². The van der Waals surface area contributed by atoms with E-state index in [9.17, 15) is 4.79 Å². The molecule has 0 saturated carbocycles. The average Bonchev–Trinajstić information content (AvgIpc) is 2.73. The fourth-order valence-electron chi connectivity index (χ4n) is 2.17. The van der Waals surface area contributed by atoms with Gasteiger partial charge < -0.3 is 15.8 Å². The van der Waals surface area contributed by atoms with E-state index in [0.717, 1.165) is 16.6 Å². The smallest absolute Gasteiger partial charge is 0.242 e. The van der Waals surface area contributed by atoms with E-state index < -0.39 is 6.04 Å². The maximum absolute atomic E-state index is 12.1. The first-order valence-electron chi connectivity index (χ1n) is 6.55. The Labute approximate surface area is 117 Å². The van der Waals surface area contributed by atoms with Crippen LogP contribution < -0.4 is 11.1 Å². The van der Waals surface area contributed by atoms with Crippen molar-refractivity contribution >= 4 is 22.9 Å². The maximum atomic E-state index is 12.1. The summed E-state index contributed by atoms with van der Waals surface area (Å²) in [5, 5.41) is 2.81. The Bertz CT molecular complexity index is 621. The number of methoxy groups -OCH3 is 1. The minimum atomic E-state index is -0.418. The van der Waals surface area contributed by atoms with E-state index in [1.165, 1.54) is 0 Å². The van der Waals surface area contributed by atoms with Crippen molar-refractivity contribution in [1.29, 1.82) is 0 Å². The number of nitrogens with one attached hydrogen (secondary N) is 1. The van der Waals surface area contributed by atoms with Gasteiger partial charge in [-0.1, -0.05) is 6.07 Å². The minimum Gasteiger partial charge on any atom is -0.383 e. The Balaban J connectivity index is 2.29. The van der Waals surface area contributed by atoms with Crippen molar-refractivity contribution < 1.29 is 9.53 Å². The zero-order valence-electron chi connectivity index (χ0n) is 12.0. The largest absolute Gasteiger partial charge is 0.383 e. The zero-order chi connectivity index (χ0) is 14.7. The van der Waals surface area contributed by atoms with Gasteiger partial charge in [-0.3, -0.25) is 9.36 Å². The Morgan fingerprint density at radius 3 is 3.00 bits per heavy atom. The maximum Gasteiger partial charge on any atom is 0.242 e. The molecule has 1 aromatic heterocycles. The van der Waals surface area contributed by atoms with Crippen LogP contribution >= 0.6 is 0 Å². The van der Waals surface area contributed by atoms with Gasteiger partial charge in [0.25, 0.3) is 0 Å². The number of nitrogens with two attached hydrogens (primary N) is 1. The summed E-state index contributed by atoms with van der Waals surface area (Å²) in [6.45, 7) is 4.77. The van der Waals surface area contributed by atoms with E-state index in [1.54, 1.807) is 11.7 Å². The van der Waals surface area contributed by atoms with Gasteiger partial charge in [0.05, 0.1) is 17.6 Å². The van der Waals surface area contributed by atoms with Gasteiger partial charge in [-0.05, 0) is 31.5 Å². The number of carbonyl (C=O) groups is 1. The van der Waals surface area contributed by atoms with Gasteiger partial charge in [-0.15, -0.1) is 0 Å². The molecule has 108 valence electrons. The summed E-state index contributed by atoms with van der Waals surface area (Å²) in [6, 6.07) is 5.45. The number of rotatable bonds is 5. The van der Waals surface area contributed by atoms with Crippen LogP contribution in [-0.2, 0) is 9.53 Å². The third kappa shape index (κ3) is 2.75. The fourth-order valence-corrected chi connectivity index (χ4v) is 2.17. The molecule has 2 rings (SSSR count). The van der Waals surface area contributed by atoms with Crippen LogP contribution in [-0.4, -0.2) is 35.7 Å². The molecule has 0 radical (unpaired) electrons. The van der Waals surface area contributed by atoms with Gasteiger partial charge >= 0.3 is 0 Å². The van der Waals surface area contributed by atoms with Gasteiger partial charge in [0, 0.05) is 13.7 Å². The van der Waals surface area contributed by atoms with Crippen molar-refractivity contribution in [3.63, 3.8) is 0 Å². The Morgan fingerprint density at radius 1 is 1.55 bits per heavy atom. The molecule has 6 nitrogen and oxygen atoms in total. The van der Waals surface area contributed by atoms with Crippen LogP contribution in [0.5, 0.6) is 0 Å². The van der Waals surface area contributed by atoms with Gasteiger partial charge in [-0.2, -0.15) is 0 Å². The number of hydrogen-bond acceptors (Lipinski definition) is 4. The van der Waals surface area contributed by atoms with E-state index in [4.69, 9.17) is 10.5 Å². The monoisotopic (exact) mass is 276 g/mol. The van der Waals surface area contributed by atoms with Crippen molar-refractivity contribution in [1.82, 2.24) is 14.9 Å². The van der Waals surface area contributed by atoms with Crippen LogP contribution in [0, 0.1) is 6.92 Å². The number of amides is 1. The topological polar surface area (TPSA) is 82.2 Å². The lowest BCUT2D eigenvalue weighted by Crippen LogP contribution is -2.33. The van der Waals surface area contributed by atoms with Crippen LogP contribution in [0.15, 0.2) is 18.2 Å². The summed E-state index contributed by atoms with van der Waals surface area (Å²) < 4.78 is 6.67. The highest BCUT2D eigenvalue weighted by atomic mass is 16.5. The van der Waals surface area contributed by atoms with E-state index >= 15 is 0 Å². The Hall–Kier alpha value is -2.08. The summed E-state index contributed by atoms with van der Waals surface area (Å²) in [7, 11) is 1.60. The lowest BCUT2D eigenvalue weighted by molar-refractivity contribution is -0.123. The molecule has 6 heteroatoms. The summed E-state index contributed by atoms with van der Waals surface area (Å²) in [5.74, 6) is 0.245. The van der Waals surface area contributed by atoms with E-state index in [1.807, 2.05) is 32.0 Å². The SMILES string of the molecule is COCCNC(=O)C(C)n1c(N)nc2ccc(C)cc21. The number of imidazole rings is 1. The number of carbonyl (C=O) groups excluding carboxylic acids is 1. The molecule has 0 aliphatic carbocycles. The summed E-state index contributed by atoms with van der Waals surface area (Å²) in [6.07, 6.45) is 0. The molecule has 0 fully saturated rings. The number of anilines is 1. The van der Waals surface area contributed by atoms with Crippen molar-refractivity contribution in [2.45, 2.75) is 19.9 Å². The highest BCUT2D eigenvalue weighted by Crippen LogP contribution is 2.23. The molecular formula is C14H20N4O2. The predicted octanol–water partition coefficient (Wildman–Crippen LogP) is 1.25. The number of aryl methyl sites for hydroxylation is 1. The highest BCUT2D eigenvalue weighted by Gasteiger charge is 2.20. The zero-order valence-corrected chi connectivity index (χ0v) is 12.0.